The fourth-order valence-corrected chi connectivity index (χ4v) is 5.78. The number of carbonyl (C=O) groups is 1. The highest BCUT2D eigenvalue weighted by Crippen LogP contribution is 2.27. The molecule has 216 valence electrons. The smallest absolute Gasteiger partial charge is 0.319 e. The van der Waals surface area contributed by atoms with E-state index >= 15 is 0 Å². The van der Waals surface area contributed by atoms with Crippen LogP contribution in [-0.4, -0.2) is 96.9 Å². The number of nitrogens with zero attached hydrogens (tertiary/aromatic N) is 3. The third kappa shape index (κ3) is 9.00. The van der Waals surface area contributed by atoms with E-state index in [4.69, 9.17) is 0 Å². The third-order valence-corrected chi connectivity index (χ3v) is 8.06. The van der Waals surface area contributed by atoms with Gasteiger partial charge in [0.1, 0.15) is 0 Å². The molecule has 7 nitrogen and oxygen atoms in total. The summed E-state index contributed by atoms with van der Waals surface area (Å²) in [5, 5.41) is 17.0. The van der Waals surface area contributed by atoms with Gasteiger partial charge in [0.15, 0.2) is 0 Å². The number of nitrogens with one attached hydrogen (secondary N) is 2. The van der Waals surface area contributed by atoms with Crippen LogP contribution in [0.4, 0.5) is 10.5 Å². The lowest BCUT2D eigenvalue weighted by Crippen LogP contribution is -2.51. The van der Waals surface area contributed by atoms with Gasteiger partial charge >= 0.3 is 6.03 Å². The quantitative estimate of drug-likeness (QED) is 0.342. The van der Waals surface area contributed by atoms with E-state index in [1.807, 2.05) is 60.7 Å². The largest absolute Gasteiger partial charge is 0.390 e. The molecule has 3 aromatic carbocycles. The number of piperazine rings is 1. The second-order valence-electron chi connectivity index (χ2n) is 11.2. The van der Waals surface area contributed by atoms with Crippen molar-refractivity contribution in [3.8, 4) is 11.1 Å². The van der Waals surface area contributed by atoms with Crippen LogP contribution in [0.2, 0.25) is 0 Å². The number of hydrogen-bond acceptors (Lipinski definition) is 5. The number of urea groups is 1. The lowest BCUT2D eigenvalue weighted by atomic mass is 10.0. The molecule has 3 aromatic rings. The SMILES string of the molecule is O=C(Nc1ccccc1-c1ccccc1)NC1CCN(CC(O)CN2CCN(C/C=C/c3ccccc3)CC2)CC1. The molecule has 1 unspecified atom stereocenters. The molecule has 2 aliphatic rings. The Balaban J connectivity index is 0.978. The molecule has 0 bridgehead atoms. The van der Waals surface area contributed by atoms with Gasteiger partial charge in [0.05, 0.1) is 11.8 Å². The van der Waals surface area contributed by atoms with Crippen LogP contribution >= 0.6 is 0 Å². The van der Waals surface area contributed by atoms with Crippen molar-refractivity contribution in [3.63, 3.8) is 0 Å². The number of carbonyl (C=O) groups excluding carboxylic acids is 1. The van der Waals surface area contributed by atoms with Crippen molar-refractivity contribution in [1.29, 1.82) is 0 Å². The standard InChI is InChI=1S/C34H43N5O2/c40-31(27-39-24-22-37(23-25-39)19-9-12-28-10-3-1-4-11-28)26-38-20-17-30(18-21-38)35-34(41)36-33-16-8-7-15-32(33)29-13-5-2-6-14-29/h1-16,30-31,40H,17-27H2,(H2,35,36,41)/b12-9+. The van der Waals surface area contributed by atoms with Crippen molar-refractivity contribution in [2.45, 2.75) is 25.0 Å². The van der Waals surface area contributed by atoms with E-state index in [-0.39, 0.29) is 18.2 Å². The molecule has 5 rings (SSSR count). The number of β-amino-alcohol motifs (C(OH)–C–C–N with tert-alkyl or cyclic N) is 1. The normalized spacial score (nSPS) is 18.4. The predicted molar refractivity (Wildman–Crippen MR) is 168 cm³/mol. The Morgan fingerprint density at radius 2 is 1.37 bits per heavy atom. The number of amides is 2. The van der Waals surface area contributed by atoms with Gasteiger partial charge in [0.25, 0.3) is 0 Å². The summed E-state index contributed by atoms with van der Waals surface area (Å²) in [6.07, 6.45) is 5.84. The van der Waals surface area contributed by atoms with E-state index in [0.29, 0.717) is 6.54 Å². The summed E-state index contributed by atoms with van der Waals surface area (Å²) in [5.74, 6) is 0. The molecular weight excluding hydrogens is 510 g/mol. The number of benzene rings is 3. The van der Waals surface area contributed by atoms with Crippen molar-refractivity contribution in [1.82, 2.24) is 20.0 Å². The van der Waals surface area contributed by atoms with Gasteiger partial charge < -0.3 is 20.6 Å². The molecule has 3 N–H and O–H groups in total. The fraction of sp³-hybridized carbons (Fsp3) is 0.382. The van der Waals surface area contributed by atoms with Crippen molar-refractivity contribution in [2.75, 3.05) is 64.2 Å². The average molecular weight is 554 g/mol. The number of likely N-dealkylation sites (tertiary alicyclic amines) is 1. The summed E-state index contributed by atoms with van der Waals surface area (Å²) in [6, 6.07) is 28.4. The van der Waals surface area contributed by atoms with Gasteiger partial charge in [-0.05, 0) is 30.0 Å². The number of rotatable bonds is 10. The average Bonchev–Trinajstić information content (AvgIpc) is 3.00. The van der Waals surface area contributed by atoms with E-state index in [1.165, 1.54) is 5.56 Å². The number of piperidine rings is 1. The summed E-state index contributed by atoms with van der Waals surface area (Å²) < 4.78 is 0. The van der Waals surface area contributed by atoms with Gasteiger partial charge in [-0.1, -0.05) is 91.0 Å². The Hall–Kier alpha value is -3.49. The first-order valence-corrected chi connectivity index (χ1v) is 14.9. The number of aliphatic hydroxyl groups is 1. The van der Waals surface area contributed by atoms with Gasteiger partial charge in [-0.2, -0.15) is 0 Å². The monoisotopic (exact) mass is 553 g/mol. The van der Waals surface area contributed by atoms with Crippen LogP contribution in [0.15, 0.2) is 91.0 Å². The topological polar surface area (TPSA) is 71.1 Å². The van der Waals surface area contributed by atoms with Crippen LogP contribution in [-0.2, 0) is 0 Å². The van der Waals surface area contributed by atoms with Crippen molar-refractivity contribution in [2.24, 2.45) is 0 Å². The highest BCUT2D eigenvalue weighted by molar-refractivity contribution is 5.94. The molecule has 1 atom stereocenters. The van der Waals surface area contributed by atoms with E-state index in [1.54, 1.807) is 0 Å². The lowest BCUT2D eigenvalue weighted by Gasteiger charge is -2.37. The number of anilines is 1. The van der Waals surface area contributed by atoms with Gasteiger partial charge in [-0.15, -0.1) is 0 Å². The number of para-hydroxylation sites is 1. The van der Waals surface area contributed by atoms with Crippen molar-refractivity contribution >= 4 is 17.8 Å². The van der Waals surface area contributed by atoms with Crippen molar-refractivity contribution < 1.29 is 9.90 Å². The minimum absolute atomic E-state index is 0.135. The summed E-state index contributed by atoms with van der Waals surface area (Å²) >= 11 is 0. The minimum Gasteiger partial charge on any atom is -0.390 e. The van der Waals surface area contributed by atoms with Gasteiger partial charge in [0.2, 0.25) is 0 Å². The molecule has 2 aliphatic heterocycles. The highest BCUT2D eigenvalue weighted by Gasteiger charge is 2.24. The van der Waals surface area contributed by atoms with E-state index < -0.39 is 0 Å². The Bertz CT molecular complexity index is 1240. The van der Waals surface area contributed by atoms with Crippen LogP contribution in [0, 0.1) is 0 Å². The van der Waals surface area contributed by atoms with Gasteiger partial charge in [-0.3, -0.25) is 9.80 Å². The van der Waals surface area contributed by atoms with Crippen LogP contribution in [0.25, 0.3) is 17.2 Å². The molecule has 2 heterocycles. The predicted octanol–water partition coefficient (Wildman–Crippen LogP) is 4.63. The molecule has 2 saturated heterocycles. The van der Waals surface area contributed by atoms with E-state index in [9.17, 15) is 9.90 Å². The Kier molecular flexibility index (Phi) is 10.6. The summed E-state index contributed by atoms with van der Waals surface area (Å²) in [5.41, 5.74) is 4.13. The molecule has 0 radical (unpaired) electrons. The first-order valence-electron chi connectivity index (χ1n) is 14.9. The molecular formula is C34H43N5O2. The molecule has 0 spiro atoms. The van der Waals surface area contributed by atoms with Crippen LogP contribution < -0.4 is 10.6 Å². The second kappa shape index (κ2) is 14.9. The maximum Gasteiger partial charge on any atom is 0.319 e. The number of aliphatic hydroxyl groups excluding tert-OH is 1. The van der Waals surface area contributed by atoms with Crippen LogP contribution in [0.3, 0.4) is 0 Å². The molecule has 2 fully saturated rings. The Labute approximate surface area is 244 Å². The molecule has 2 amide bonds. The van der Waals surface area contributed by atoms with Gasteiger partial charge in [0, 0.05) is 70.5 Å². The third-order valence-electron chi connectivity index (χ3n) is 8.06. The molecule has 41 heavy (non-hydrogen) atoms. The first-order chi connectivity index (χ1) is 20.1. The fourth-order valence-electron chi connectivity index (χ4n) is 5.78. The molecule has 0 saturated carbocycles. The zero-order valence-corrected chi connectivity index (χ0v) is 23.9. The molecule has 0 aliphatic carbocycles. The molecule has 7 heteroatoms. The number of hydrogen-bond donors (Lipinski definition) is 3. The molecule has 0 aromatic heterocycles. The Morgan fingerprint density at radius 1 is 0.780 bits per heavy atom. The second-order valence-corrected chi connectivity index (χ2v) is 11.2. The zero-order chi connectivity index (χ0) is 28.3. The van der Waals surface area contributed by atoms with Gasteiger partial charge in [-0.25, -0.2) is 4.79 Å². The van der Waals surface area contributed by atoms with E-state index in [2.05, 4.69) is 61.8 Å². The maximum absolute atomic E-state index is 12.8. The van der Waals surface area contributed by atoms with E-state index in [0.717, 1.165) is 82.0 Å². The van der Waals surface area contributed by atoms with Crippen LogP contribution in [0.5, 0.6) is 0 Å². The summed E-state index contributed by atoms with van der Waals surface area (Å²) in [4.78, 5) is 20.0. The summed E-state index contributed by atoms with van der Waals surface area (Å²) in [6.45, 7) is 8.16. The lowest BCUT2D eigenvalue weighted by molar-refractivity contribution is 0.0461. The maximum atomic E-state index is 12.8. The Morgan fingerprint density at radius 3 is 2.07 bits per heavy atom. The first kappa shape index (κ1) is 29.0. The summed E-state index contributed by atoms with van der Waals surface area (Å²) in [7, 11) is 0. The zero-order valence-electron chi connectivity index (χ0n) is 23.9. The minimum atomic E-state index is -0.359. The highest BCUT2D eigenvalue weighted by atomic mass is 16.3. The van der Waals surface area contributed by atoms with Crippen LogP contribution in [0.1, 0.15) is 18.4 Å². The van der Waals surface area contributed by atoms with Crippen molar-refractivity contribution in [3.05, 3.63) is 96.6 Å².